The van der Waals surface area contributed by atoms with Gasteiger partial charge in [-0.05, 0) is 51.2 Å². The van der Waals surface area contributed by atoms with E-state index in [9.17, 15) is 14.4 Å². The Morgan fingerprint density at radius 1 is 1.16 bits per heavy atom. The molecule has 2 fully saturated rings. The van der Waals surface area contributed by atoms with Crippen molar-refractivity contribution in [2.24, 2.45) is 5.92 Å². The van der Waals surface area contributed by atoms with E-state index >= 15 is 0 Å². The Morgan fingerprint density at radius 3 is 2.51 bits per heavy atom. The summed E-state index contributed by atoms with van der Waals surface area (Å²) >= 11 is 1.37. The first-order valence-electron chi connectivity index (χ1n) is 12.6. The van der Waals surface area contributed by atoms with E-state index < -0.39 is 11.6 Å². The molecule has 196 valence electrons. The lowest BCUT2D eigenvalue weighted by Gasteiger charge is -2.44. The van der Waals surface area contributed by atoms with Crippen LogP contribution in [-0.4, -0.2) is 58.3 Å². The lowest BCUT2D eigenvalue weighted by atomic mass is 9.93. The van der Waals surface area contributed by atoms with Crippen molar-refractivity contribution in [1.29, 1.82) is 0 Å². The van der Waals surface area contributed by atoms with Crippen LogP contribution in [-0.2, 0) is 10.2 Å². The molecule has 2 aromatic rings. The topological polar surface area (TPSA) is 94.6 Å². The number of hydrogen-bond acceptors (Lipinski definition) is 5. The van der Waals surface area contributed by atoms with Gasteiger partial charge in [-0.3, -0.25) is 19.9 Å². The molecule has 0 unspecified atom stereocenters. The number of urea groups is 1. The van der Waals surface area contributed by atoms with E-state index in [1.165, 1.54) is 11.3 Å². The van der Waals surface area contributed by atoms with Gasteiger partial charge in [0.25, 0.3) is 5.91 Å². The monoisotopic (exact) mass is 521 g/mol. The Hall–Kier alpha value is -3.38. The number of carbonyl (C=O) groups is 3. The third kappa shape index (κ3) is 5.80. The highest BCUT2D eigenvalue weighted by atomic mass is 32.1. The second kappa shape index (κ2) is 9.82. The highest BCUT2D eigenvalue weighted by Gasteiger charge is 2.44. The zero-order valence-corrected chi connectivity index (χ0v) is 23.4. The van der Waals surface area contributed by atoms with Crippen molar-refractivity contribution >= 4 is 39.9 Å². The Balaban J connectivity index is 1.58. The molecule has 1 aliphatic carbocycles. The first-order valence-corrected chi connectivity index (χ1v) is 13.4. The van der Waals surface area contributed by atoms with Gasteiger partial charge in [-0.2, -0.15) is 0 Å². The standard InChI is InChI=1S/C28H35N5O3S/c1-17-19(11-10-18-8-9-18)14-20(16-29-17)30-26(36)31-23-21(15-22(37-23)27(2,3)4)24(34)33-13-12-32(7)25(35)28(33,5)6/h14-16,18H,8-9,12-13H2,1-7H3,(H2,30,31,36). The largest absolute Gasteiger partial charge is 0.342 e. The molecule has 0 spiro atoms. The Kier molecular flexibility index (Phi) is 7.08. The first kappa shape index (κ1) is 26.7. The maximum absolute atomic E-state index is 13.7. The van der Waals surface area contributed by atoms with Gasteiger partial charge in [-0.15, -0.1) is 11.3 Å². The van der Waals surface area contributed by atoms with Crippen LogP contribution in [0.1, 0.15) is 74.0 Å². The molecule has 1 saturated heterocycles. The summed E-state index contributed by atoms with van der Waals surface area (Å²) in [5.41, 5.74) is 1.29. The van der Waals surface area contributed by atoms with Crippen LogP contribution >= 0.6 is 11.3 Å². The number of aromatic nitrogens is 1. The summed E-state index contributed by atoms with van der Waals surface area (Å²) in [7, 11) is 1.74. The van der Waals surface area contributed by atoms with Gasteiger partial charge in [-0.25, -0.2) is 4.79 Å². The van der Waals surface area contributed by atoms with E-state index in [2.05, 4.69) is 48.2 Å². The van der Waals surface area contributed by atoms with Gasteiger partial charge in [0.05, 0.1) is 23.1 Å². The van der Waals surface area contributed by atoms with E-state index in [1.807, 2.05) is 19.1 Å². The van der Waals surface area contributed by atoms with E-state index in [1.54, 1.807) is 36.9 Å². The molecule has 0 aromatic carbocycles. The quantitative estimate of drug-likeness (QED) is 0.565. The normalized spacial score (nSPS) is 17.2. The Bertz CT molecular complexity index is 1310. The van der Waals surface area contributed by atoms with Gasteiger partial charge in [0.15, 0.2) is 0 Å². The highest BCUT2D eigenvalue weighted by Crippen LogP contribution is 2.38. The molecule has 1 aliphatic heterocycles. The van der Waals surface area contributed by atoms with Crippen molar-refractivity contribution in [2.75, 3.05) is 30.8 Å². The van der Waals surface area contributed by atoms with Crippen molar-refractivity contribution in [3.8, 4) is 11.8 Å². The van der Waals surface area contributed by atoms with Gasteiger partial charge in [0.1, 0.15) is 10.5 Å². The minimum Gasteiger partial charge on any atom is -0.342 e. The molecule has 0 atom stereocenters. The molecular formula is C28H35N5O3S. The third-order valence-corrected chi connectivity index (χ3v) is 8.19. The summed E-state index contributed by atoms with van der Waals surface area (Å²) in [5.74, 6) is 6.48. The zero-order valence-electron chi connectivity index (χ0n) is 22.6. The highest BCUT2D eigenvalue weighted by molar-refractivity contribution is 7.16. The van der Waals surface area contributed by atoms with E-state index in [-0.39, 0.29) is 17.2 Å². The van der Waals surface area contributed by atoms with Gasteiger partial charge < -0.3 is 15.1 Å². The molecule has 2 aromatic heterocycles. The van der Waals surface area contributed by atoms with Gasteiger partial charge in [0, 0.05) is 36.5 Å². The van der Waals surface area contributed by atoms with Gasteiger partial charge in [-0.1, -0.05) is 32.6 Å². The lowest BCUT2D eigenvalue weighted by Crippen LogP contribution is -2.63. The summed E-state index contributed by atoms with van der Waals surface area (Å²) in [5, 5.41) is 6.15. The number of aryl methyl sites for hydroxylation is 1. The van der Waals surface area contributed by atoms with Crippen molar-refractivity contribution in [1.82, 2.24) is 14.8 Å². The summed E-state index contributed by atoms with van der Waals surface area (Å²) in [4.78, 5) is 48.1. The van der Waals surface area contributed by atoms with E-state index in [0.29, 0.717) is 35.3 Å². The van der Waals surface area contributed by atoms with E-state index in [0.717, 1.165) is 29.0 Å². The smallest absolute Gasteiger partial charge is 0.324 e. The van der Waals surface area contributed by atoms with Crippen LogP contribution < -0.4 is 10.6 Å². The molecule has 3 heterocycles. The number of amides is 4. The van der Waals surface area contributed by atoms with Crippen molar-refractivity contribution < 1.29 is 14.4 Å². The number of carbonyl (C=O) groups excluding carboxylic acids is 3. The Morgan fingerprint density at radius 2 is 1.86 bits per heavy atom. The van der Waals surface area contributed by atoms with Crippen molar-refractivity contribution in [2.45, 2.75) is 65.3 Å². The molecule has 8 nitrogen and oxygen atoms in total. The number of nitrogens with one attached hydrogen (secondary N) is 2. The predicted octanol–water partition coefficient (Wildman–Crippen LogP) is 4.85. The molecule has 9 heteroatoms. The van der Waals surface area contributed by atoms with Gasteiger partial charge in [0.2, 0.25) is 5.91 Å². The molecule has 37 heavy (non-hydrogen) atoms. The minimum absolute atomic E-state index is 0.113. The second-order valence-electron chi connectivity index (χ2n) is 11.3. The number of rotatable bonds is 3. The van der Waals surface area contributed by atoms with Crippen LogP contribution in [0.4, 0.5) is 15.5 Å². The number of likely N-dealkylation sites (N-methyl/N-ethyl adjacent to an activating group) is 1. The molecule has 0 radical (unpaired) electrons. The fourth-order valence-electron chi connectivity index (χ4n) is 4.13. The molecule has 0 bridgehead atoms. The number of thiophene rings is 1. The van der Waals surface area contributed by atoms with Crippen LogP contribution in [0.2, 0.25) is 0 Å². The van der Waals surface area contributed by atoms with Crippen LogP contribution in [0.3, 0.4) is 0 Å². The first-order chi connectivity index (χ1) is 17.3. The maximum atomic E-state index is 13.7. The number of nitrogens with zero attached hydrogens (tertiary/aromatic N) is 3. The number of piperazine rings is 1. The molecule has 2 aliphatic rings. The number of anilines is 2. The SMILES string of the molecule is Cc1ncc(NC(=O)Nc2sc(C(C)(C)C)cc2C(=O)N2CCN(C)C(=O)C2(C)C)cc1C#CC1CC1. The average molecular weight is 522 g/mol. The van der Waals surface area contributed by atoms with Crippen LogP contribution in [0.25, 0.3) is 0 Å². The summed E-state index contributed by atoms with van der Waals surface area (Å²) < 4.78 is 0. The van der Waals surface area contributed by atoms with Crippen LogP contribution in [0.5, 0.6) is 0 Å². The molecule has 4 amide bonds. The number of pyridine rings is 1. The molecule has 1 saturated carbocycles. The Labute approximate surface area is 222 Å². The fraction of sp³-hybridized carbons (Fsp3) is 0.500. The molecule has 2 N–H and O–H groups in total. The fourth-order valence-corrected chi connectivity index (χ4v) is 5.23. The van der Waals surface area contributed by atoms with Crippen LogP contribution in [0, 0.1) is 24.7 Å². The number of hydrogen-bond donors (Lipinski definition) is 2. The zero-order chi connectivity index (χ0) is 27.1. The summed E-state index contributed by atoms with van der Waals surface area (Å²) in [6.45, 7) is 12.5. The van der Waals surface area contributed by atoms with E-state index in [4.69, 9.17) is 0 Å². The summed E-state index contributed by atoms with van der Waals surface area (Å²) in [6.07, 6.45) is 3.87. The minimum atomic E-state index is -0.987. The average Bonchev–Trinajstić information content (AvgIpc) is 3.54. The maximum Gasteiger partial charge on any atom is 0.324 e. The van der Waals surface area contributed by atoms with Crippen LogP contribution in [0.15, 0.2) is 18.3 Å². The van der Waals surface area contributed by atoms with Crippen molar-refractivity contribution in [3.05, 3.63) is 40.0 Å². The summed E-state index contributed by atoms with van der Waals surface area (Å²) in [6, 6.07) is 3.17. The predicted molar refractivity (Wildman–Crippen MR) is 147 cm³/mol. The second-order valence-corrected chi connectivity index (χ2v) is 12.4. The third-order valence-electron chi connectivity index (χ3n) is 6.71. The molecule has 4 rings (SSSR count). The molecular weight excluding hydrogens is 486 g/mol. The lowest BCUT2D eigenvalue weighted by molar-refractivity contribution is -0.144. The van der Waals surface area contributed by atoms with Gasteiger partial charge >= 0.3 is 6.03 Å². The van der Waals surface area contributed by atoms with Crippen molar-refractivity contribution in [3.63, 3.8) is 0 Å².